The Hall–Kier alpha value is -1.56. The first-order valence-electron chi connectivity index (χ1n) is 8.41. The molecule has 0 aromatic heterocycles. The van der Waals surface area contributed by atoms with Crippen LogP contribution < -0.4 is 0 Å². The van der Waals surface area contributed by atoms with Gasteiger partial charge in [0.2, 0.25) is 0 Å². The van der Waals surface area contributed by atoms with Crippen LogP contribution in [0.4, 0.5) is 4.79 Å². The van der Waals surface area contributed by atoms with Crippen molar-refractivity contribution >= 4 is 15.9 Å². The maximum absolute atomic E-state index is 13.0. The molecule has 132 valence electrons. The number of carbonyl (C=O) groups is 1. The molecule has 2 saturated heterocycles. The van der Waals surface area contributed by atoms with Gasteiger partial charge in [-0.2, -0.15) is 0 Å². The molecule has 1 aromatic carbocycles. The van der Waals surface area contributed by atoms with E-state index in [0.29, 0.717) is 11.3 Å². The molecular weight excluding hydrogens is 326 g/mol. The standard InChI is InChI=1S/C18H25NO4S/c1-12-5-8-14(9-6-12)24(21,22)16-11-13-7-10-15(16)19(13)17(20)23-18(2,3)4/h5-6,8-9,13,15-16H,7,10-11H2,1-4H3/t13-,15+,16-/m0/s1. The van der Waals surface area contributed by atoms with E-state index < -0.39 is 26.8 Å². The van der Waals surface area contributed by atoms with E-state index in [1.165, 1.54) is 0 Å². The second kappa shape index (κ2) is 5.76. The molecule has 0 unspecified atom stereocenters. The van der Waals surface area contributed by atoms with Crippen molar-refractivity contribution in [2.24, 2.45) is 0 Å². The average molecular weight is 351 g/mol. The molecular formula is C18H25NO4S. The Kier molecular flexibility index (Phi) is 4.14. The first kappa shape index (κ1) is 17.3. The third-order valence-electron chi connectivity index (χ3n) is 4.83. The molecule has 2 heterocycles. The fourth-order valence-electron chi connectivity index (χ4n) is 3.77. The molecule has 1 aromatic rings. The van der Waals surface area contributed by atoms with Crippen LogP contribution in [0.5, 0.6) is 0 Å². The number of ether oxygens (including phenoxy) is 1. The highest BCUT2D eigenvalue weighted by atomic mass is 32.2. The summed E-state index contributed by atoms with van der Waals surface area (Å²) in [6.45, 7) is 7.40. The minimum atomic E-state index is -3.45. The fraction of sp³-hybridized carbons (Fsp3) is 0.611. The zero-order valence-corrected chi connectivity index (χ0v) is 15.5. The fourth-order valence-corrected chi connectivity index (χ4v) is 5.79. The molecule has 2 aliphatic heterocycles. The highest BCUT2D eigenvalue weighted by Crippen LogP contribution is 2.43. The van der Waals surface area contributed by atoms with E-state index >= 15 is 0 Å². The number of aryl methyl sites for hydroxylation is 1. The van der Waals surface area contributed by atoms with Crippen LogP contribution in [0.25, 0.3) is 0 Å². The Bertz CT molecular complexity index is 733. The molecule has 0 N–H and O–H groups in total. The van der Waals surface area contributed by atoms with Gasteiger partial charge < -0.3 is 9.64 Å². The summed E-state index contributed by atoms with van der Waals surface area (Å²) in [5.41, 5.74) is 0.446. The molecule has 1 amide bonds. The van der Waals surface area contributed by atoms with Gasteiger partial charge in [-0.05, 0) is 59.1 Å². The lowest BCUT2D eigenvalue weighted by Gasteiger charge is -2.28. The Morgan fingerprint density at radius 3 is 2.38 bits per heavy atom. The van der Waals surface area contributed by atoms with E-state index in [9.17, 15) is 13.2 Å². The van der Waals surface area contributed by atoms with Gasteiger partial charge in [0, 0.05) is 6.04 Å². The molecule has 3 atom stereocenters. The minimum Gasteiger partial charge on any atom is -0.444 e. The summed E-state index contributed by atoms with van der Waals surface area (Å²) >= 11 is 0. The average Bonchev–Trinajstić information content (AvgIpc) is 3.04. The lowest BCUT2D eigenvalue weighted by atomic mass is 10.0. The van der Waals surface area contributed by atoms with Crippen LogP contribution in [0.2, 0.25) is 0 Å². The van der Waals surface area contributed by atoms with Crippen molar-refractivity contribution in [3.8, 4) is 0 Å². The van der Waals surface area contributed by atoms with E-state index in [-0.39, 0.29) is 12.1 Å². The predicted octanol–water partition coefficient (Wildman–Crippen LogP) is 3.31. The highest BCUT2D eigenvalue weighted by Gasteiger charge is 2.54. The van der Waals surface area contributed by atoms with Crippen molar-refractivity contribution in [3.05, 3.63) is 29.8 Å². The molecule has 0 aliphatic carbocycles. The van der Waals surface area contributed by atoms with Crippen LogP contribution in [0, 0.1) is 6.92 Å². The van der Waals surface area contributed by atoms with E-state index in [4.69, 9.17) is 4.74 Å². The second-order valence-electron chi connectivity index (χ2n) is 7.82. The third-order valence-corrected chi connectivity index (χ3v) is 7.07. The van der Waals surface area contributed by atoms with Crippen molar-refractivity contribution < 1.29 is 17.9 Å². The Morgan fingerprint density at radius 1 is 1.17 bits per heavy atom. The van der Waals surface area contributed by atoms with Gasteiger partial charge in [-0.25, -0.2) is 13.2 Å². The normalized spacial score (nSPS) is 26.7. The molecule has 0 spiro atoms. The van der Waals surface area contributed by atoms with Crippen LogP contribution in [0.3, 0.4) is 0 Å². The van der Waals surface area contributed by atoms with Crippen molar-refractivity contribution in [2.75, 3.05) is 0 Å². The number of hydrogen-bond donors (Lipinski definition) is 0. The van der Waals surface area contributed by atoms with Gasteiger partial charge in [0.15, 0.2) is 9.84 Å². The number of fused-ring (bicyclic) bond motifs is 2. The molecule has 24 heavy (non-hydrogen) atoms. The van der Waals surface area contributed by atoms with E-state index in [1.54, 1.807) is 17.0 Å². The summed E-state index contributed by atoms with van der Waals surface area (Å²) in [7, 11) is -3.45. The second-order valence-corrected chi connectivity index (χ2v) is 9.99. The van der Waals surface area contributed by atoms with Crippen molar-refractivity contribution in [2.45, 2.75) is 74.8 Å². The van der Waals surface area contributed by atoms with E-state index in [0.717, 1.165) is 18.4 Å². The summed E-state index contributed by atoms with van der Waals surface area (Å²) < 4.78 is 31.5. The van der Waals surface area contributed by atoms with Gasteiger partial charge in [-0.3, -0.25) is 0 Å². The highest BCUT2D eigenvalue weighted by molar-refractivity contribution is 7.92. The number of nitrogens with zero attached hydrogens (tertiary/aromatic N) is 1. The monoisotopic (exact) mass is 351 g/mol. The molecule has 2 fully saturated rings. The summed E-state index contributed by atoms with van der Waals surface area (Å²) in [5.74, 6) is 0. The third kappa shape index (κ3) is 3.04. The summed E-state index contributed by atoms with van der Waals surface area (Å²) in [4.78, 5) is 14.5. The maximum atomic E-state index is 13.0. The van der Waals surface area contributed by atoms with Gasteiger partial charge in [0.1, 0.15) is 5.60 Å². The number of carbonyl (C=O) groups excluding carboxylic acids is 1. The zero-order chi connectivity index (χ0) is 17.7. The lowest BCUT2D eigenvalue weighted by molar-refractivity contribution is 0.0218. The van der Waals surface area contributed by atoms with Crippen LogP contribution in [-0.4, -0.2) is 42.3 Å². The van der Waals surface area contributed by atoms with E-state index in [1.807, 2.05) is 39.8 Å². The Balaban J connectivity index is 1.84. The maximum Gasteiger partial charge on any atom is 0.410 e. The molecule has 0 radical (unpaired) electrons. The molecule has 5 nitrogen and oxygen atoms in total. The van der Waals surface area contributed by atoms with Gasteiger partial charge in [0.05, 0.1) is 16.2 Å². The van der Waals surface area contributed by atoms with Crippen LogP contribution in [-0.2, 0) is 14.6 Å². The topological polar surface area (TPSA) is 63.7 Å². The number of hydrogen-bond acceptors (Lipinski definition) is 4. The largest absolute Gasteiger partial charge is 0.444 e. The number of sulfone groups is 1. The van der Waals surface area contributed by atoms with Gasteiger partial charge >= 0.3 is 6.09 Å². The smallest absolute Gasteiger partial charge is 0.410 e. The summed E-state index contributed by atoms with van der Waals surface area (Å²) in [5, 5.41) is -0.536. The van der Waals surface area contributed by atoms with Crippen LogP contribution in [0.1, 0.15) is 45.6 Å². The summed E-state index contributed by atoms with van der Waals surface area (Å²) in [6.07, 6.45) is 1.68. The number of amides is 1. The van der Waals surface area contributed by atoms with E-state index in [2.05, 4.69) is 0 Å². The molecule has 6 heteroatoms. The Labute approximate surface area is 143 Å². The zero-order valence-electron chi connectivity index (χ0n) is 14.7. The molecule has 2 bridgehead atoms. The molecule has 3 rings (SSSR count). The van der Waals surface area contributed by atoms with Crippen molar-refractivity contribution in [3.63, 3.8) is 0 Å². The van der Waals surface area contributed by atoms with Crippen LogP contribution >= 0.6 is 0 Å². The first-order chi connectivity index (χ1) is 11.1. The first-order valence-corrected chi connectivity index (χ1v) is 9.96. The Morgan fingerprint density at radius 2 is 1.79 bits per heavy atom. The van der Waals surface area contributed by atoms with Gasteiger partial charge in [-0.15, -0.1) is 0 Å². The SMILES string of the molecule is Cc1ccc(S(=O)(=O)[C@H]2C[C@@H]3CC[C@H]2N3C(=O)OC(C)(C)C)cc1. The van der Waals surface area contributed by atoms with Crippen LogP contribution in [0.15, 0.2) is 29.2 Å². The number of benzene rings is 1. The predicted molar refractivity (Wildman–Crippen MR) is 91.7 cm³/mol. The van der Waals surface area contributed by atoms with Crippen molar-refractivity contribution in [1.29, 1.82) is 0 Å². The molecule has 2 aliphatic rings. The number of rotatable bonds is 2. The summed E-state index contributed by atoms with van der Waals surface area (Å²) in [6, 6.07) is 6.63. The van der Waals surface area contributed by atoms with Gasteiger partial charge in [-0.1, -0.05) is 17.7 Å². The minimum absolute atomic E-state index is 0.0323. The lowest BCUT2D eigenvalue weighted by Crippen LogP contribution is -2.42. The van der Waals surface area contributed by atoms with Gasteiger partial charge in [0.25, 0.3) is 0 Å². The molecule has 0 saturated carbocycles. The van der Waals surface area contributed by atoms with Crippen molar-refractivity contribution in [1.82, 2.24) is 4.90 Å². The quantitative estimate of drug-likeness (QED) is 0.820.